The van der Waals surface area contributed by atoms with Crippen molar-refractivity contribution in [2.75, 3.05) is 50.4 Å². The number of rotatable bonds is 5. The maximum absolute atomic E-state index is 12.7. The molecule has 2 fully saturated rings. The van der Waals surface area contributed by atoms with E-state index in [9.17, 15) is 26.9 Å². The normalized spacial score (nSPS) is 20.1. The molecular formula is C15H22N4O6S2. The molecule has 2 heterocycles. The van der Waals surface area contributed by atoms with Crippen molar-refractivity contribution < 1.29 is 21.8 Å². The first-order valence-electron chi connectivity index (χ1n) is 8.59. The van der Waals surface area contributed by atoms with E-state index in [0.29, 0.717) is 31.9 Å². The summed E-state index contributed by atoms with van der Waals surface area (Å²) in [5.74, 6) is 0. The zero-order valence-corrected chi connectivity index (χ0v) is 16.6. The molecule has 1 aromatic rings. The van der Waals surface area contributed by atoms with Crippen molar-refractivity contribution in [2.45, 2.75) is 17.7 Å². The van der Waals surface area contributed by atoms with Crippen LogP contribution in [-0.2, 0) is 20.0 Å². The lowest BCUT2D eigenvalue weighted by Gasteiger charge is -2.34. The van der Waals surface area contributed by atoms with Gasteiger partial charge in [-0.3, -0.25) is 10.1 Å². The van der Waals surface area contributed by atoms with Gasteiger partial charge in [-0.15, -0.1) is 0 Å². The van der Waals surface area contributed by atoms with Gasteiger partial charge in [0.25, 0.3) is 5.69 Å². The van der Waals surface area contributed by atoms with Crippen LogP contribution in [-0.4, -0.2) is 75.9 Å². The molecule has 10 nitrogen and oxygen atoms in total. The van der Waals surface area contributed by atoms with Crippen LogP contribution in [0.15, 0.2) is 23.1 Å². The zero-order valence-electron chi connectivity index (χ0n) is 14.9. The second-order valence-electron chi connectivity index (χ2n) is 6.67. The number of nitro benzene ring substituents is 1. The largest absolute Gasteiger partial charge is 0.363 e. The lowest BCUT2D eigenvalue weighted by molar-refractivity contribution is -0.384. The van der Waals surface area contributed by atoms with E-state index >= 15 is 0 Å². The standard InChI is InChI=1S/C15H22N4O6S2/c1-26(22,23)17-10-8-16(9-11-17)14-5-4-13(12-15(14)19(20)21)27(24,25)18-6-2-3-7-18/h4-5,12H,2-3,6-11H2,1H3. The predicted molar refractivity (Wildman–Crippen MR) is 99.7 cm³/mol. The molecule has 0 amide bonds. The Morgan fingerprint density at radius 1 is 0.926 bits per heavy atom. The van der Waals surface area contributed by atoms with Crippen molar-refractivity contribution in [3.8, 4) is 0 Å². The monoisotopic (exact) mass is 418 g/mol. The first-order chi connectivity index (χ1) is 12.6. The lowest BCUT2D eigenvalue weighted by Crippen LogP contribution is -2.48. The third-order valence-electron chi connectivity index (χ3n) is 4.89. The Labute approximate surface area is 158 Å². The Morgan fingerprint density at radius 3 is 2.04 bits per heavy atom. The third-order valence-corrected chi connectivity index (χ3v) is 8.09. The molecule has 27 heavy (non-hydrogen) atoms. The maximum Gasteiger partial charge on any atom is 0.293 e. The van der Waals surface area contributed by atoms with E-state index in [1.165, 1.54) is 20.7 Å². The van der Waals surface area contributed by atoms with Gasteiger partial charge in [-0.1, -0.05) is 0 Å². The number of benzene rings is 1. The van der Waals surface area contributed by atoms with Gasteiger partial charge in [-0.2, -0.15) is 8.61 Å². The molecule has 0 N–H and O–H groups in total. The van der Waals surface area contributed by atoms with Crippen LogP contribution in [0.5, 0.6) is 0 Å². The van der Waals surface area contributed by atoms with Crippen molar-refractivity contribution in [2.24, 2.45) is 0 Å². The molecule has 0 bridgehead atoms. The second kappa shape index (κ2) is 7.34. The molecule has 0 atom stereocenters. The highest BCUT2D eigenvalue weighted by atomic mass is 32.2. The van der Waals surface area contributed by atoms with Gasteiger partial charge >= 0.3 is 0 Å². The second-order valence-corrected chi connectivity index (χ2v) is 10.6. The van der Waals surface area contributed by atoms with Crippen LogP contribution in [0.4, 0.5) is 11.4 Å². The quantitative estimate of drug-likeness (QED) is 0.503. The summed E-state index contributed by atoms with van der Waals surface area (Å²) in [5, 5.41) is 11.6. The SMILES string of the molecule is CS(=O)(=O)N1CCN(c2ccc(S(=O)(=O)N3CCCC3)cc2[N+](=O)[O-])CC1. The van der Waals surface area contributed by atoms with Gasteiger partial charge in [0.1, 0.15) is 5.69 Å². The smallest absolute Gasteiger partial charge is 0.293 e. The Balaban J connectivity index is 1.88. The van der Waals surface area contributed by atoms with Gasteiger partial charge in [-0.05, 0) is 25.0 Å². The van der Waals surface area contributed by atoms with Crippen molar-refractivity contribution in [1.82, 2.24) is 8.61 Å². The lowest BCUT2D eigenvalue weighted by atomic mass is 10.2. The van der Waals surface area contributed by atoms with Gasteiger partial charge in [0.15, 0.2) is 0 Å². The molecule has 0 unspecified atom stereocenters. The summed E-state index contributed by atoms with van der Waals surface area (Å²) in [4.78, 5) is 12.6. The number of sulfonamides is 2. The number of nitro groups is 1. The van der Waals surface area contributed by atoms with Crippen molar-refractivity contribution >= 4 is 31.4 Å². The number of anilines is 1. The van der Waals surface area contributed by atoms with Crippen LogP contribution in [0, 0.1) is 10.1 Å². The van der Waals surface area contributed by atoms with E-state index in [1.807, 2.05) is 0 Å². The molecule has 0 radical (unpaired) electrons. The predicted octanol–water partition coefficient (Wildman–Crippen LogP) is 0.461. The number of nitrogens with zero attached hydrogens (tertiary/aromatic N) is 4. The van der Waals surface area contributed by atoms with E-state index in [1.54, 1.807) is 4.90 Å². The maximum atomic E-state index is 12.7. The summed E-state index contributed by atoms with van der Waals surface area (Å²) in [6.07, 6.45) is 2.69. The van der Waals surface area contributed by atoms with Crippen molar-refractivity contribution in [3.05, 3.63) is 28.3 Å². The minimum atomic E-state index is -3.75. The minimum absolute atomic E-state index is 0.0883. The minimum Gasteiger partial charge on any atom is -0.363 e. The van der Waals surface area contributed by atoms with E-state index in [0.717, 1.165) is 25.2 Å². The molecular weight excluding hydrogens is 396 g/mol. The molecule has 0 saturated carbocycles. The summed E-state index contributed by atoms with van der Waals surface area (Å²) >= 11 is 0. The molecule has 2 aliphatic rings. The van der Waals surface area contributed by atoms with Crippen LogP contribution in [0.3, 0.4) is 0 Å². The molecule has 150 valence electrons. The Morgan fingerprint density at radius 2 is 1.52 bits per heavy atom. The van der Waals surface area contributed by atoms with Gasteiger partial charge in [0.2, 0.25) is 20.0 Å². The molecule has 0 aromatic heterocycles. The van der Waals surface area contributed by atoms with E-state index < -0.39 is 25.0 Å². The summed E-state index contributed by atoms with van der Waals surface area (Å²) < 4.78 is 51.2. The van der Waals surface area contributed by atoms with Crippen LogP contribution in [0.25, 0.3) is 0 Å². The van der Waals surface area contributed by atoms with Crippen LogP contribution < -0.4 is 4.90 Å². The average molecular weight is 418 g/mol. The van der Waals surface area contributed by atoms with Crippen LogP contribution in [0.1, 0.15) is 12.8 Å². The van der Waals surface area contributed by atoms with E-state index in [2.05, 4.69) is 0 Å². The number of hydrogen-bond acceptors (Lipinski definition) is 7. The van der Waals surface area contributed by atoms with Crippen molar-refractivity contribution in [1.29, 1.82) is 0 Å². The fraction of sp³-hybridized carbons (Fsp3) is 0.600. The summed E-state index contributed by atoms with van der Waals surface area (Å²) in [6.45, 7) is 1.89. The van der Waals surface area contributed by atoms with Crippen LogP contribution in [0.2, 0.25) is 0 Å². The zero-order chi connectivity index (χ0) is 19.8. The van der Waals surface area contributed by atoms with Crippen molar-refractivity contribution in [3.63, 3.8) is 0 Å². The first kappa shape index (κ1) is 20.0. The summed E-state index contributed by atoms with van der Waals surface area (Å²) in [6, 6.07) is 3.93. The van der Waals surface area contributed by atoms with E-state index in [4.69, 9.17) is 0 Å². The highest BCUT2D eigenvalue weighted by molar-refractivity contribution is 7.89. The van der Waals surface area contributed by atoms with E-state index in [-0.39, 0.29) is 23.7 Å². The number of hydrogen-bond donors (Lipinski definition) is 0. The fourth-order valence-electron chi connectivity index (χ4n) is 3.42. The fourth-order valence-corrected chi connectivity index (χ4v) is 5.78. The molecule has 3 rings (SSSR count). The summed E-state index contributed by atoms with van der Waals surface area (Å²) in [7, 11) is -7.05. The Hall–Kier alpha value is -1.76. The average Bonchev–Trinajstić information content (AvgIpc) is 3.16. The van der Waals surface area contributed by atoms with Gasteiger partial charge in [0, 0.05) is 45.3 Å². The Bertz CT molecular complexity index is 933. The number of piperazine rings is 1. The molecule has 2 aliphatic heterocycles. The molecule has 1 aromatic carbocycles. The topological polar surface area (TPSA) is 121 Å². The highest BCUT2D eigenvalue weighted by Gasteiger charge is 2.32. The van der Waals surface area contributed by atoms with Gasteiger partial charge in [0.05, 0.1) is 16.1 Å². The highest BCUT2D eigenvalue weighted by Crippen LogP contribution is 2.33. The first-order valence-corrected chi connectivity index (χ1v) is 11.9. The third kappa shape index (κ3) is 4.08. The molecule has 12 heteroatoms. The van der Waals surface area contributed by atoms with Crippen LogP contribution >= 0.6 is 0 Å². The van der Waals surface area contributed by atoms with Gasteiger partial charge in [-0.25, -0.2) is 16.8 Å². The summed E-state index contributed by atoms with van der Waals surface area (Å²) in [5.41, 5.74) is 0.0107. The van der Waals surface area contributed by atoms with Gasteiger partial charge < -0.3 is 4.90 Å². The Kier molecular flexibility index (Phi) is 5.43. The molecule has 0 spiro atoms. The molecule has 2 saturated heterocycles. The molecule has 0 aliphatic carbocycles.